The fourth-order valence-corrected chi connectivity index (χ4v) is 3.64. The molecule has 20 heavy (non-hydrogen) atoms. The molecule has 1 aromatic carbocycles. The molecule has 0 atom stereocenters. The van der Waals surface area contributed by atoms with E-state index < -0.39 is 0 Å². The summed E-state index contributed by atoms with van der Waals surface area (Å²) in [7, 11) is 0. The molecule has 2 rings (SSSR count). The lowest BCUT2D eigenvalue weighted by Gasteiger charge is -2.26. The van der Waals surface area contributed by atoms with Crippen LogP contribution in [-0.4, -0.2) is 16.9 Å². The minimum Gasteiger partial charge on any atom is -0.486 e. The zero-order valence-electron chi connectivity index (χ0n) is 11.9. The molecule has 0 bridgehead atoms. The van der Waals surface area contributed by atoms with Crippen molar-refractivity contribution in [2.45, 2.75) is 39.5 Å². The molecule has 4 nitrogen and oxygen atoms in total. The Morgan fingerprint density at radius 3 is 2.55 bits per heavy atom. The van der Waals surface area contributed by atoms with Gasteiger partial charge in [0.15, 0.2) is 5.75 Å². The molecule has 5 heteroatoms. The smallest absolute Gasteiger partial charge is 0.311 e. The van der Waals surface area contributed by atoms with Crippen LogP contribution in [0.1, 0.15) is 36.8 Å². The Morgan fingerprint density at radius 1 is 1.35 bits per heavy atom. The predicted octanol–water partition coefficient (Wildman–Crippen LogP) is 4.55. The fraction of sp³-hybridized carbons (Fsp3) is 0.600. The van der Waals surface area contributed by atoms with Crippen LogP contribution < -0.4 is 4.74 Å². The monoisotopic (exact) mass is 341 g/mol. The number of benzene rings is 1. The molecule has 1 fully saturated rings. The average molecular weight is 342 g/mol. The Labute approximate surface area is 127 Å². The Hall–Kier alpha value is -1.10. The van der Waals surface area contributed by atoms with Gasteiger partial charge in [0, 0.05) is 16.8 Å². The maximum atomic E-state index is 11.2. The predicted molar refractivity (Wildman–Crippen MR) is 82.8 cm³/mol. The first-order valence-electron chi connectivity index (χ1n) is 6.92. The van der Waals surface area contributed by atoms with Gasteiger partial charge in [-0.2, -0.15) is 0 Å². The molecule has 1 aliphatic carbocycles. The van der Waals surface area contributed by atoms with Crippen molar-refractivity contribution in [2.24, 2.45) is 5.41 Å². The molecule has 0 radical (unpaired) electrons. The summed E-state index contributed by atoms with van der Waals surface area (Å²) >= 11 is 3.57. The van der Waals surface area contributed by atoms with Gasteiger partial charge in [0.05, 0.1) is 11.5 Å². The summed E-state index contributed by atoms with van der Waals surface area (Å²) in [5.74, 6) is 0.424. The van der Waals surface area contributed by atoms with Crippen molar-refractivity contribution in [3.05, 3.63) is 33.4 Å². The van der Waals surface area contributed by atoms with E-state index in [-0.39, 0.29) is 16.0 Å². The third kappa shape index (κ3) is 3.14. The summed E-state index contributed by atoms with van der Waals surface area (Å²) in [6, 6.07) is 3.51. The van der Waals surface area contributed by atoms with Crippen LogP contribution in [0.15, 0.2) is 12.1 Å². The van der Waals surface area contributed by atoms with E-state index in [2.05, 4.69) is 15.9 Å². The normalized spacial score (nSPS) is 17.1. The number of rotatable bonds is 5. The van der Waals surface area contributed by atoms with Crippen LogP contribution in [0.5, 0.6) is 5.75 Å². The quantitative estimate of drug-likeness (QED) is 0.448. The van der Waals surface area contributed by atoms with Gasteiger partial charge >= 0.3 is 5.69 Å². The van der Waals surface area contributed by atoms with E-state index in [0.717, 1.165) is 29.3 Å². The van der Waals surface area contributed by atoms with Gasteiger partial charge < -0.3 is 4.74 Å². The van der Waals surface area contributed by atoms with Crippen molar-refractivity contribution < 1.29 is 9.66 Å². The van der Waals surface area contributed by atoms with Crippen molar-refractivity contribution in [2.75, 3.05) is 11.9 Å². The SMILES string of the molecule is Cc1cc(C)c(OCC2(CBr)CCCC2)c([N+](=O)[O-])c1. The Kier molecular flexibility index (Phi) is 4.68. The third-order valence-corrected chi connectivity index (χ3v) is 5.26. The second-order valence-corrected chi connectivity index (χ2v) is 6.38. The van der Waals surface area contributed by atoms with Crippen LogP contribution in [0.2, 0.25) is 0 Å². The zero-order valence-corrected chi connectivity index (χ0v) is 13.5. The lowest BCUT2D eigenvalue weighted by Crippen LogP contribution is -2.27. The van der Waals surface area contributed by atoms with E-state index in [4.69, 9.17) is 4.74 Å². The first kappa shape index (κ1) is 15.3. The number of aryl methyl sites for hydroxylation is 2. The van der Waals surface area contributed by atoms with Gasteiger partial charge in [0.25, 0.3) is 0 Å². The number of nitrogens with zero attached hydrogens (tertiary/aromatic N) is 1. The highest BCUT2D eigenvalue weighted by molar-refractivity contribution is 9.09. The zero-order chi connectivity index (χ0) is 14.8. The van der Waals surface area contributed by atoms with Crippen molar-refractivity contribution in [1.29, 1.82) is 0 Å². The van der Waals surface area contributed by atoms with Crippen LogP contribution in [0.25, 0.3) is 0 Å². The summed E-state index contributed by atoms with van der Waals surface area (Å²) in [5, 5.41) is 12.1. The van der Waals surface area contributed by atoms with Crippen LogP contribution in [-0.2, 0) is 0 Å². The van der Waals surface area contributed by atoms with E-state index >= 15 is 0 Å². The molecular formula is C15H20BrNO3. The maximum absolute atomic E-state index is 11.2. The first-order chi connectivity index (χ1) is 9.47. The minimum atomic E-state index is -0.356. The lowest BCUT2D eigenvalue weighted by atomic mass is 9.90. The molecule has 0 heterocycles. The summed E-state index contributed by atoms with van der Waals surface area (Å²) in [6.45, 7) is 4.27. The molecule has 0 unspecified atom stereocenters. The highest BCUT2D eigenvalue weighted by Crippen LogP contribution is 2.41. The van der Waals surface area contributed by atoms with Gasteiger partial charge in [-0.25, -0.2) is 0 Å². The molecule has 0 aromatic heterocycles. The fourth-order valence-electron chi connectivity index (χ4n) is 2.92. The third-order valence-electron chi connectivity index (χ3n) is 4.07. The van der Waals surface area contributed by atoms with Gasteiger partial charge in [-0.05, 0) is 37.8 Å². The van der Waals surface area contributed by atoms with Crippen LogP contribution >= 0.6 is 15.9 Å². The van der Waals surface area contributed by atoms with E-state index in [9.17, 15) is 10.1 Å². The minimum absolute atomic E-state index is 0.0743. The number of hydrogen-bond acceptors (Lipinski definition) is 3. The van der Waals surface area contributed by atoms with Gasteiger partial charge in [-0.15, -0.1) is 0 Å². The van der Waals surface area contributed by atoms with Crippen LogP contribution in [0, 0.1) is 29.4 Å². The summed E-state index contributed by atoms with van der Waals surface area (Å²) in [4.78, 5) is 10.8. The van der Waals surface area contributed by atoms with Gasteiger partial charge in [-0.3, -0.25) is 10.1 Å². The van der Waals surface area contributed by atoms with Crippen LogP contribution in [0.3, 0.4) is 0 Å². The number of nitro benzene ring substituents is 1. The molecule has 0 amide bonds. The number of ether oxygens (including phenoxy) is 1. The van der Waals surface area contributed by atoms with Crippen molar-refractivity contribution in [1.82, 2.24) is 0 Å². The summed E-state index contributed by atoms with van der Waals surface area (Å²) in [5.41, 5.74) is 1.92. The number of nitro groups is 1. The molecule has 0 saturated heterocycles. The van der Waals surface area contributed by atoms with Crippen molar-refractivity contribution in [3.63, 3.8) is 0 Å². The molecule has 110 valence electrons. The number of alkyl halides is 1. The Balaban J connectivity index is 2.22. The molecular weight excluding hydrogens is 322 g/mol. The van der Waals surface area contributed by atoms with E-state index in [0.29, 0.717) is 12.4 Å². The first-order valence-corrected chi connectivity index (χ1v) is 8.04. The van der Waals surface area contributed by atoms with Crippen molar-refractivity contribution >= 4 is 21.6 Å². The van der Waals surface area contributed by atoms with E-state index in [1.54, 1.807) is 6.07 Å². The number of halogens is 1. The maximum Gasteiger partial charge on any atom is 0.311 e. The molecule has 1 aliphatic rings. The van der Waals surface area contributed by atoms with Crippen molar-refractivity contribution in [3.8, 4) is 5.75 Å². The Morgan fingerprint density at radius 2 is 2.00 bits per heavy atom. The number of hydrogen-bond donors (Lipinski definition) is 0. The standard InChI is InChI=1S/C15H20BrNO3/c1-11-7-12(2)14(13(8-11)17(18)19)20-10-15(9-16)5-3-4-6-15/h7-8H,3-6,9-10H2,1-2H3. The second-order valence-electron chi connectivity index (χ2n) is 5.82. The summed E-state index contributed by atoms with van der Waals surface area (Å²) in [6.07, 6.45) is 4.67. The second kappa shape index (κ2) is 6.12. The molecule has 1 aromatic rings. The van der Waals surface area contributed by atoms with E-state index in [1.165, 1.54) is 12.8 Å². The van der Waals surface area contributed by atoms with Gasteiger partial charge in [0.1, 0.15) is 0 Å². The lowest BCUT2D eigenvalue weighted by molar-refractivity contribution is -0.386. The van der Waals surface area contributed by atoms with Gasteiger partial charge in [0.2, 0.25) is 0 Å². The molecule has 1 saturated carbocycles. The van der Waals surface area contributed by atoms with E-state index in [1.807, 2.05) is 19.9 Å². The van der Waals surface area contributed by atoms with Crippen LogP contribution in [0.4, 0.5) is 5.69 Å². The highest BCUT2D eigenvalue weighted by Gasteiger charge is 2.34. The highest BCUT2D eigenvalue weighted by atomic mass is 79.9. The molecule has 0 N–H and O–H groups in total. The molecule has 0 aliphatic heterocycles. The molecule has 0 spiro atoms. The topological polar surface area (TPSA) is 52.4 Å². The van der Waals surface area contributed by atoms with Gasteiger partial charge in [-0.1, -0.05) is 34.8 Å². The largest absolute Gasteiger partial charge is 0.486 e. The summed E-state index contributed by atoms with van der Waals surface area (Å²) < 4.78 is 5.89. The average Bonchev–Trinajstić information content (AvgIpc) is 2.86. The Bertz CT molecular complexity index is 510.